The number of rotatable bonds is 4. The summed E-state index contributed by atoms with van der Waals surface area (Å²) in [6.45, 7) is 0. The zero-order chi connectivity index (χ0) is 22.2. The summed E-state index contributed by atoms with van der Waals surface area (Å²) in [5.74, 6) is -0.101. The van der Waals surface area contributed by atoms with E-state index in [0.29, 0.717) is 11.3 Å². The summed E-state index contributed by atoms with van der Waals surface area (Å²) in [4.78, 5) is 31.6. The van der Waals surface area contributed by atoms with Crippen LogP contribution in [0.5, 0.6) is 5.75 Å². The van der Waals surface area contributed by atoms with Gasteiger partial charge in [0.15, 0.2) is 0 Å². The summed E-state index contributed by atoms with van der Waals surface area (Å²) >= 11 is 0. The third-order valence-electron chi connectivity index (χ3n) is 6.14. The zero-order valence-corrected chi connectivity index (χ0v) is 17.8. The minimum absolute atomic E-state index is 0.0980. The number of amides is 2. The van der Waals surface area contributed by atoms with Gasteiger partial charge in [0.25, 0.3) is 5.91 Å². The Kier molecular flexibility index (Phi) is 4.90. The van der Waals surface area contributed by atoms with E-state index in [2.05, 4.69) is 10.3 Å². The number of nitrogens with one attached hydrogen (secondary N) is 2. The molecule has 2 atom stereocenters. The molecular weight excluding hydrogens is 402 g/mol. The maximum Gasteiger partial charge on any atom is 0.254 e. The van der Waals surface area contributed by atoms with Crippen LogP contribution in [0.2, 0.25) is 0 Å². The second kappa shape index (κ2) is 7.89. The van der Waals surface area contributed by atoms with Gasteiger partial charge in [-0.25, -0.2) is 0 Å². The molecule has 160 valence electrons. The maximum absolute atomic E-state index is 13.7. The molecule has 0 fully saturated rings. The van der Waals surface area contributed by atoms with Crippen molar-refractivity contribution in [1.29, 1.82) is 0 Å². The first-order valence-corrected chi connectivity index (χ1v) is 10.4. The first kappa shape index (κ1) is 19.9. The molecule has 0 saturated carbocycles. The third-order valence-corrected chi connectivity index (χ3v) is 6.14. The van der Waals surface area contributed by atoms with Crippen LogP contribution in [0.3, 0.4) is 0 Å². The number of H-pyrrole nitrogens is 1. The predicted molar refractivity (Wildman–Crippen MR) is 124 cm³/mol. The number of benzene rings is 3. The van der Waals surface area contributed by atoms with E-state index < -0.39 is 12.0 Å². The average Bonchev–Trinajstić information content (AvgIpc) is 3.29. The molecule has 2 N–H and O–H groups in total. The van der Waals surface area contributed by atoms with E-state index in [1.165, 1.54) is 0 Å². The minimum Gasteiger partial charge on any atom is -0.497 e. The molecule has 1 aliphatic heterocycles. The monoisotopic (exact) mass is 425 g/mol. The first-order valence-electron chi connectivity index (χ1n) is 10.4. The number of carbonyl (C=O) groups is 2. The van der Waals surface area contributed by atoms with Gasteiger partial charge in [-0.05, 0) is 53.6 Å². The Hall–Kier alpha value is -4.06. The maximum atomic E-state index is 13.7. The molecule has 6 heteroatoms. The molecule has 0 spiro atoms. The number of likely N-dealkylation sites (N-methyl/N-ethyl adjacent to an activating group) is 1. The van der Waals surface area contributed by atoms with Gasteiger partial charge in [0.1, 0.15) is 5.75 Å². The van der Waals surface area contributed by atoms with Crippen LogP contribution in [0, 0.1) is 0 Å². The van der Waals surface area contributed by atoms with Crippen molar-refractivity contribution in [3.05, 3.63) is 95.7 Å². The van der Waals surface area contributed by atoms with Crippen LogP contribution in [0.1, 0.15) is 33.4 Å². The summed E-state index contributed by atoms with van der Waals surface area (Å²) in [6, 6.07) is 22.1. The Morgan fingerprint density at radius 1 is 1.03 bits per heavy atom. The van der Waals surface area contributed by atoms with Crippen LogP contribution in [-0.4, -0.2) is 35.9 Å². The van der Waals surface area contributed by atoms with Crippen molar-refractivity contribution in [2.75, 3.05) is 19.5 Å². The van der Waals surface area contributed by atoms with Gasteiger partial charge in [0.2, 0.25) is 5.91 Å². The lowest BCUT2D eigenvalue weighted by atomic mass is 9.79. The highest BCUT2D eigenvalue weighted by molar-refractivity contribution is 6.04. The van der Waals surface area contributed by atoms with E-state index in [0.717, 1.165) is 27.8 Å². The number of methoxy groups -OCH3 is 1. The van der Waals surface area contributed by atoms with Crippen LogP contribution >= 0.6 is 0 Å². The number of fused-ring (bicyclic) bond motifs is 2. The summed E-state index contributed by atoms with van der Waals surface area (Å²) in [5, 5.41) is 4.10. The quantitative estimate of drug-likeness (QED) is 0.497. The van der Waals surface area contributed by atoms with Crippen molar-refractivity contribution < 1.29 is 14.3 Å². The molecule has 32 heavy (non-hydrogen) atoms. The molecule has 0 saturated heterocycles. The lowest BCUT2D eigenvalue weighted by Crippen LogP contribution is -2.44. The fraction of sp³-hybridized carbons (Fsp3) is 0.154. The van der Waals surface area contributed by atoms with Crippen LogP contribution < -0.4 is 10.1 Å². The second-order valence-electron chi connectivity index (χ2n) is 7.97. The molecule has 0 unspecified atom stereocenters. The van der Waals surface area contributed by atoms with Crippen LogP contribution in [0.25, 0.3) is 10.9 Å². The van der Waals surface area contributed by atoms with Crippen LogP contribution in [0.4, 0.5) is 5.69 Å². The van der Waals surface area contributed by atoms with Gasteiger partial charge in [-0.1, -0.05) is 30.3 Å². The molecule has 2 heterocycles. The lowest BCUT2D eigenvalue weighted by molar-refractivity contribution is -0.119. The summed E-state index contributed by atoms with van der Waals surface area (Å²) in [5.41, 5.74) is 3.88. The van der Waals surface area contributed by atoms with E-state index >= 15 is 0 Å². The molecule has 5 rings (SSSR count). The molecule has 0 aliphatic carbocycles. The number of hydrogen-bond donors (Lipinski definition) is 2. The Morgan fingerprint density at radius 2 is 1.81 bits per heavy atom. The Balaban J connectivity index is 1.57. The van der Waals surface area contributed by atoms with E-state index in [4.69, 9.17) is 4.74 Å². The van der Waals surface area contributed by atoms with Gasteiger partial charge in [-0.15, -0.1) is 0 Å². The largest absolute Gasteiger partial charge is 0.497 e. The number of hydrogen-bond acceptors (Lipinski definition) is 3. The topological polar surface area (TPSA) is 74.4 Å². The minimum atomic E-state index is -0.566. The zero-order valence-electron chi connectivity index (χ0n) is 17.8. The Labute approximate surface area is 185 Å². The molecule has 0 radical (unpaired) electrons. The van der Waals surface area contributed by atoms with E-state index in [9.17, 15) is 9.59 Å². The average molecular weight is 425 g/mol. The number of aromatic amines is 1. The van der Waals surface area contributed by atoms with Crippen molar-refractivity contribution in [1.82, 2.24) is 9.88 Å². The molecule has 1 aliphatic rings. The lowest BCUT2D eigenvalue weighted by Gasteiger charge is -2.39. The van der Waals surface area contributed by atoms with Gasteiger partial charge in [-0.2, -0.15) is 0 Å². The molecule has 2 amide bonds. The van der Waals surface area contributed by atoms with E-state index in [-0.39, 0.29) is 11.8 Å². The number of nitrogens with zero attached hydrogens (tertiary/aromatic N) is 1. The van der Waals surface area contributed by atoms with Crippen molar-refractivity contribution in [3.63, 3.8) is 0 Å². The molecular formula is C26H23N3O3. The summed E-state index contributed by atoms with van der Waals surface area (Å²) in [6.07, 6.45) is 1.87. The summed E-state index contributed by atoms with van der Waals surface area (Å²) < 4.78 is 5.28. The number of aromatic nitrogens is 1. The van der Waals surface area contributed by atoms with Crippen molar-refractivity contribution in [3.8, 4) is 5.75 Å². The van der Waals surface area contributed by atoms with Gasteiger partial charge >= 0.3 is 0 Å². The number of anilines is 1. The van der Waals surface area contributed by atoms with Crippen LogP contribution in [0.15, 0.2) is 79.0 Å². The number of carbonyl (C=O) groups excluding carboxylic acids is 2. The van der Waals surface area contributed by atoms with E-state index in [1.807, 2.05) is 72.9 Å². The van der Waals surface area contributed by atoms with E-state index in [1.54, 1.807) is 25.1 Å². The third kappa shape index (κ3) is 3.30. The van der Waals surface area contributed by atoms with Gasteiger partial charge in [-0.3, -0.25) is 9.59 Å². The highest BCUT2D eigenvalue weighted by Gasteiger charge is 2.42. The van der Waals surface area contributed by atoms with Crippen molar-refractivity contribution >= 4 is 28.4 Å². The Morgan fingerprint density at radius 3 is 2.59 bits per heavy atom. The smallest absolute Gasteiger partial charge is 0.254 e. The predicted octanol–water partition coefficient (Wildman–Crippen LogP) is 4.73. The highest BCUT2D eigenvalue weighted by atomic mass is 16.5. The molecule has 4 aromatic rings. The fourth-order valence-electron chi connectivity index (χ4n) is 4.53. The second-order valence-corrected chi connectivity index (χ2v) is 7.97. The number of ether oxygens (including phenoxy) is 1. The molecule has 3 aromatic carbocycles. The molecule has 1 aromatic heterocycles. The fourth-order valence-corrected chi connectivity index (χ4v) is 4.53. The Bertz CT molecular complexity index is 1310. The highest BCUT2D eigenvalue weighted by Crippen LogP contribution is 2.42. The molecule has 0 bridgehead atoms. The van der Waals surface area contributed by atoms with Gasteiger partial charge in [0.05, 0.1) is 19.1 Å². The first-order chi connectivity index (χ1) is 15.6. The van der Waals surface area contributed by atoms with Crippen molar-refractivity contribution in [2.45, 2.75) is 12.0 Å². The SMILES string of the molecule is COc1ccc([C@H]2[C@@H](C(=O)Nc3ccc4[nH]ccc4c3)c3ccccc3C(=O)N2C)cc1. The van der Waals surface area contributed by atoms with Crippen molar-refractivity contribution in [2.24, 2.45) is 0 Å². The van der Waals surface area contributed by atoms with Gasteiger partial charge in [0, 0.05) is 35.4 Å². The van der Waals surface area contributed by atoms with Gasteiger partial charge < -0.3 is 19.9 Å². The molecule has 6 nitrogen and oxygen atoms in total. The van der Waals surface area contributed by atoms with Crippen LogP contribution in [-0.2, 0) is 4.79 Å². The normalized spacial score (nSPS) is 17.8. The standard InChI is InChI=1S/C26H23N3O3/c1-29-24(16-7-10-19(32-2)11-8-16)23(20-5-3-4-6-21(20)26(29)31)25(30)28-18-9-12-22-17(15-18)13-14-27-22/h3-15,23-24,27H,1-2H3,(H,28,30)/t23-,24-/m0/s1. The summed E-state index contributed by atoms with van der Waals surface area (Å²) in [7, 11) is 3.36.